The Bertz CT molecular complexity index is 3260. The Hall–Kier alpha value is -7.56. The third-order valence-corrected chi connectivity index (χ3v) is 10.2. The SMILES string of the molecule is N#Cc1cc(-c2nc(-c3ccccc3)nc(-n3c4ccccc4c4ccccc43)n2)ccc1-n1c2ccccc2c2cc3c(cc21)oc1ccccc13. The Labute approximate surface area is 302 Å². The Kier molecular flexibility index (Phi) is 6.18. The zero-order valence-corrected chi connectivity index (χ0v) is 28.1. The van der Waals surface area contributed by atoms with Crippen LogP contribution in [0.1, 0.15) is 5.56 Å². The van der Waals surface area contributed by atoms with Gasteiger partial charge in [0.15, 0.2) is 11.6 Å². The molecule has 246 valence electrons. The van der Waals surface area contributed by atoms with E-state index in [0.29, 0.717) is 28.7 Å². The molecule has 7 heteroatoms. The van der Waals surface area contributed by atoms with Crippen molar-refractivity contribution in [1.82, 2.24) is 24.1 Å². The molecule has 7 aromatic carbocycles. The Morgan fingerprint density at radius 2 is 1.02 bits per heavy atom. The summed E-state index contributed by atoms with van der Waals surface area (Å²) in [5.74, 6) is 1.53. The maximum absolute atomic E-state index is 10.7. The summed E-state index contributed by atoms with van der Waals surface area (Å²) in [5, 5.41) is 17.3. The quantitative estimate of drug-likeness (QED) is 0.185. The normalized spacial score (nSPS) is 11.8. The van der Waals surface area contributed by atoms with E-state index in [1.165, 1.54) is 0 Å². The third kappa shape index (κ3) is 4.36. The molecule has 0 N–H and O–H groups in total. The van der Waals surface area contributed by atoms with Gasteiger partial charge in [-0.15, -0.1) is 0 Å². The predicted molar refractivity (Wildman–Crippen MR) is 211 cm³/mol. The summed E-state index contributed by atoms with van der Waals surface area (Å²) in [5.41, 5.74) is 8.46. The van der Waals surface area contributed by atoms with Gasteiger partial charge in [-0.25, -0.2) is 4.98 Å². The molecule has 0 aliphatic rings. The van der Waals surface area contributed by atoms with Crippen LogP contribution in [-0.4, -0.2) is 24.1 Å². The van der Waals surface area contributed by atoms with E-state index in [2.05, 4.69) is 88.0 Å². The third-order valence-electron chi connectivity index (χ3n) is 10.2. The van der Waals surface area contributed by atoms with Crippen molar-refractivity contribution in [3.8, 4) is 40.5 Å². The van der Waals surface area contributed by atoms with Crippen molar-refractivity contribution in [2.24, 2.45) is 0 Å². The summed E-state index contributed by atoms with van der Waals surface area (Å²) in [4.78, 5) is 15.2. The second kappa shape index (κ2) is 11.2. The van der Waals surface area contributed by atoms with Crippen LogP contribution in [0.5, 0.6) is 0 Å². The van der Waals surface area contributed by atoms with Gasteiger partial charge in [0, 0.05) is 49.5 Å². The van der Waals surface area contributed by atoms with Crippen LogP contribution in [0.4, 0.5) is 0 Å². The first-order chi connectivity index (χ1) is 26.2. The van der Waals surface area contributed by atoms with Gasteiger partial charge in [-0.05, 0) is 48.5 Å². The van der Waals surface area contributed by atoms with Gasteiger partial charge >= 0.3 is 0 Å². The minimum atomic E-state index is 0.477. The number of nitriles is 1. The lowest BCUT2D eigenvalue weighted by molar-refractivity contribution is 0.669. The van der Waals surface area contributed by atoms with Gasteiger partial charge in [-0.3, -0.25) is 4.57 Å². The number of hydrogen-bond acceptors (Lipinski definition) is 5. The Morgan fingerprint density at radius 1 is 0.434 bits per heavy atom. The molecule has 0 saturated carbocycles. The van der Waals surface area contributed by atoms with Crippen molar-refractivity contribution in [3.63, 3.8) is 0 Å². The molecule has 0 bridgehead atoms. The standard InChI is InChI=1S/C46H26N6O/c47-27-30-24-29(22-23-37(30)51-38-18-8-6-16-33(38)35-25-36-34-17-7-11-21-42(34)53-43(36)26-41(35)51)45-48-44(28-12-2-1-3-13-28)49-46(50-45)52-39-19-9-4-14-31(39)32-15-5-10-20-40(32)52/h1-26H. The van der Waals surface area contributed by atoms with Crippen LogP contribution < -0.4 is 0 Å². The number of nitrogens with zero attached hydrogens (tertiary/aromatic N) is 6. The average Bonchev–Trinajstić information content (AvgIpc) is 3.87. The van der Waals surface area contributed by atoms with E-state index in [9.17, 15) is 5.26 Å². The Morgan fingerprint density at radius 3 is 1.72 bits per heavy atom. The second-order valence-corrected chi connectivity index (χ2v) is 13.2. The minimum absolute atomic E-state index is 0.477. The molecule has 0 saturated heterocycles. The van der Waals surface area contributed by atoms with Gasteiger partial charge in [0.25, 0.3) is 0 Å². The molecular formula is C46H26N6O. The van der Waals surface area contributed by atoms with Gasteiger partial charge in [0.1, 0.15) is 17.2 Å². The summed E-state index contributed by atoms with van der Waals surface area (Å²) in [7, 11) is 0. The number of rotatable bonds is 4. The van der Waals surface area contributed by atoms with Gasteiger partial charge in [-0.2, -0.15) is 15.2 Å². The molecule has 11 aromatic rings. The highest BCUT2D eigenvalue weighted by Gasteiger charge is 2.21. The lowest BCUT2D eigenvalue weighted by Gasteiger charge is -2.13. The summed E-state index contributed by atoms with van der Waals surface area (Å²) >= 11 is 0. The average molecular weight is 679 g/mol. The van der Waals surface area contributed by atoms with E-state index >= 15 is 0 Å². The molecule has 11 rings (SSSR count). The van der Waals surface area contributed by atoms with Crippen molar-refractivity contribution >= 4 is 65.6 Å². The first-order valence-corrected chi connectivity index (χ1v) is 17.4. The fraction of sp³-hybridized carbons (Fsp3) is 0. The lowest BCUT2D eigenvalue weighted by atomic mass is 10.1. The van der Waals surface area contributed by atoms with Crippen LogP contribution >= 0.6 is 0 Å². The van der Waals surface area contributed by atoms with Crippen molar-refractivity contribution in [2.45, 2.75) is 0 Å². The van der Waals surface area contributed by atoms with Crippen molar-refractivity contribution in [1.29, 1.82) is 5.26 Å². The lowest BCUT2D eigenvalue weighted by Crippen LogP contribution is -2.06. The number of hydrogen-bond donors (Lipinski definition) is 0. The number of para-hydroxylation sites is 4. The van der Waals surface area contributed by atoms with E-state index in [1.807, 2.05) is 84.9 Å². The van der Waals surface area contributed by atoms with E-state index in [1.54, 1.807) is 0 Å². The molecule has 4 aromatic heterocycles. The van der Waals surface area contributed by atoms with E-state index in [0.717, 1.165) is 76.8 Å². The fourth-order valence-corrected chi connectivity index (χ4v) is 7.85. The van der Waals surface area contributed by atoms with Crippen molar-refractivity contribution in [2.75, 3.05) is 0 Å². The summed E-state index contributed by atoms with van der Waals surface area (Å²) in [6, 6.07) is 55.6. The molecule has 0 aliphatic heterocycles. The number of benzene rings is 7. The summed E-state index contributed by atoms with van der Waals surface area (Å²) < 4.78 is 10.6. The van der Waals surface area contributed by atoms with Crippen LogP contribution in [0.3, 0.4) is 0 Å². The van der Waals surface area contributed by atoms with Crippen molar-refractivity contribution < 1.29 is 4.42 Å². The van der Waals surface area contributed by atoms with Gasteiger partial charge in [0.05, 0.1) is 33.3 Å². The molecule has 4 heterocycles. The minimum Gasteiger partial charge on any atom is -0.456 e. The molecule has 0 aliphatic carbocycles. The molecule has 0 atom stereocenters. The van der Waals surface area contributed by atoms with Crippen LogP contribution in [0, 0.1) is 11.3 Å². The molecule has 0 unspecified atom stereocenters. The second-order valence-electron chi connectivity index (χ2n) is 13.2. The molecular weight excluding hydrogens is 653 g/mol. The molecule has 0 fully saturated rings. The topological polar surface area (TPSA) is 85.5 Å². The zero-order chi connectivity index (χ0) is 35.0. The van der Waals surface area contributed by atoms with Crippen molar-refractivity contribution in [3.05, 3.63) is 163 Å². The van der Waals surface area contributed by atoms with Crippen LogP contribution in [-0.2, 0) is 0 Å². The number of aromatic nitrogens is 5. The maximum Gasteiger partial charge on any atom is 0.238 e. The summed E-state index contributed by atoms with van der Waals surface area (Å²) in [6.07, 6.45) is 0. The highest BCUT2D eigenvalue weighted by atomic mass is 16.3. The first kappa shape index (κ1) is 29.2. The molecule has 53 heavy (non-hydrogen) atoms. The first-order valence-electron chi connectivity index (χ1n) is 17.4. The van der Waals surface area contributed by atoms with E-state index in [-0.39, 0.29) is 0 Å². The van der Waals surface area contributed by atoms with Gasteiger partial charge in [-0.1, -0.05) is 103 Å². The van der Waals surface area contributed by atoms with Crippen LogP contribution in [0.2, 0.25) is 0 Å². The van der Waals surface area contributed by atoms with E-state index in [4.69, 9.17) is 19.4 Å². The van der Waals surface area contributed by atoms with Gasteiger partial charge < -0.3 is 8.98 Å². The largest absolute Gasteiger partial charge is 0.456 e. The van der Waals surface area contributed by atoms with E-state index < -0.39 is 0 Å². The fourth-order valence-electron chi connectivity index (χ4n) is 7.85. The number of fused-ring (bicyclic) bond motifs is 9. The van der Waals surface area contributed by atoms with Crippen LogP contribution in [0.25, 0.3) is 100.0 Å². The molecule has 0 amide bonds. The maximum atomic E-state index is 10.7. The predicted octanol–water partition coefficient (Wildman–Crippen LogP) is 11.2. The molecule has 7 nitrogen and oxygen atoms in total. The number of furan rings is 1. The Balaban J connectivity index is 1.14. The molecule has 0 spiro atoms. The van der Waals surface area contributed by atoms with Gasteiger partial charge in [0.2, 0.25) is 5.95 Å². The monoisotopic (exact) mass is 678 g/mol. The highest BCUT2D eigenvalue weighted by Crippen LogP contribution is 2.39. The zero-order valence-electron chi connectivity index (χ0n) is 28.1. The molecule has 0 radical (unpaired) electrons. The highest BCUT2D eigenvalue weighted by molar-refractivity contribution is 6.17. The summed E-state index contributed by atoms with van der Waals surface area (Å²) in [6.45, 7) is 0. The smallest absolute Gasteiger partial charge is 0.238 e. The van der Waals surface area contributed by atoms with Crippen LogP contribution in [0.15, 0.2) is 162 Å².